The maximum absolute atomic E-state index is 6.00. The highest BCUT2D eigenvalue weighted by Gasteiger charge is 2.16. The standard InChI is InChI=1S/C21H28N2O2/c1-23-12-10-19(11-13-23)22-15-18-8-9-20(24-2)21(14-18)25-16-17-6-4-3-5-7-17/h3-9,14,19,22H,10-13,15-16H2,1-2H3. The minimum Gasteiger partial charge on any atom is -0.493 e. The highest BCUT2D eigenvalue weighted by molar-refractivity contribution is 5.43. The van der Waals surface area contributed by atoms with Crippen molar-refractivity contribution in [3.8, 4) is 11.5 Å². The van der Waals surface area contributed by atoms with E-state index in [-0.39, 0.29) is 0 Å². The van der Waals surface area contributed by atoms with Gasteiger partial charge in [0, 0.05) is 12.6 Å². The Hall–Kier alpha value is -2.04. The average molecular weight is 340 g/mol. The van der Waals surface area contributed by atoms with Gasteiger partial charge in [-0.25, -0.2) is 0 Å². The summed E-state index contributed by atoms with van der Waals surface area (Å²) in [6.45, 7) is 3.75. The summed E-state index contributed by atoms with van der Waals surface area (Å²) in [5.41, 5.74) is 2.38. The molecule has 0 unspecified atom stereocenters. The van der Waals surface area contributed by atoms with Gasteiger partial charge in [0.2, 0.25) is 0 Å². The molecule has 0 spiro atoms. The minimum absolute atomic E-state index is 0.545. The maximum Gasteiger partial charge on any atom is 0.161 e. The summed E-state index contributed by atoms with van der Waals surface area (Å²) in [7, 11) is 3.87. The first-order valence-electron chi connectivity index (χ1n) is 9.00. The molecule has 1 fully saturated rings. The van der Waals surface area contributed by atoms with Gasteiger partial charge in [0.25, 0.3) is 0 Å². The van der Waals surface area contributed by atoms with Crippen LogP contribution in [0.5, 0.6) is 11.5 Å². The van der Waals surface area contributed by atoms with E-state index in [1.807, 2.05) is 24.3 Å². The predicted octanol–water partition coefficient (Wildman–Crippen LogP) is 3.46. The zero-order valence-electron chi connectivity index (χ0n) is 15.2. The van der Waals surface area contributed by atoms with Crippen molar-refractivity contribution in [3.05, 3.63) is 59.7 Å². The van der Waals surface area contributed by atoms with Gasteiger partial charge in [-0.05, 0) is 56.2 Å². The number of methoxy groups -OCH3 is 1. The molecule has 134 valence electrons. The molecule has 3 rings (SSSR count). The molecule has 1 aliphatic heterocycles. The Morgan fingerprint density at radius 1 is 1.00 bits per heavy atom. The Bertz CT molecular complexity index is 652. The smallest absolute Gasteiger partial charge is 0.161 e. The average Bonchev–Trinajstić information content (AvgIpc) is 2.67. The second kappa shape index (κ2) is 8.88. The van der Waals surface area contributed by atoms with Crippen molar-refractivity contribution < 1.29 is 9.47 Å². The highest BCUT2D eigenvalue weighted by Crippen LogP contribution is 2.29. The SMILES string of the molecule is COc1ccc(CNC2CCN(C)CC2)cc1OCc1ccccc1. The maximum atomic E-state index is 6.00. The quantitative estimate of drug-likeness (QED) is 0.837. The summed E-state index contributed by atoms with van der Waals surface area (Å²) in [4.78, 5) is 2.39. The first-order valence-corrected chi connectivity index (χ1v) is 9.00. The Morgan fingerprint density at radius 2 is 1.76 bits per heavy atom. The van der Waals surface area contributed by atoms with Crippen LogP contribution in [-0.4, -0.2) is 38.2 Å². The van der Waals surface area contributed by atoms with E-state index in [0.717, 1.165) is 23.6 Å². The van der Waals surface area contributed by atoms with Crippen LogP contribution in [0.4, 0.5) is 0 Å². The molecule has 25 heavy (non-hydrogen) atoms. The first-order chi connectivity index (χ1) is 12.2. The lowest BCUT2D eigenvalue weighted by Gasteiger charge is -2.29. The molecule has 1 N–H and O–H groups in total. The van der Waals surface area contributed by atoms with E-state index in [1.54, 1.807) is 7.11 Å². The molecule has 1 aliphatic rings. The van der Waals surface area contributed by atoms with Gasteiger partial charge in [-0.2, -0.15) is 0 Å². The molecular formula is C21H28N2O2. The van der Waals surface area contributed by atoms with E-state index >= 15 is 0 Å². The van der Waals surface area contributed by atoms with E-state index in [9.17, 15) is 0 Å². The lowest BCUT2D eigenvalue weighted by molar-refractivity contribution is 0.234. The van der Waals surface area contributed by atoms with Crippen LogP contribution in [0.1, 0.15) is 24.0 Å². The largest absolute Gasteiger partial charge is 0.493 e. The van der Waals surface area contributed by atoms with Gasteiger partial charge in [0.1, 0.15) is 6.61 Å². The molecular weight excluding hydrogens is 312 g/mol. The van der Waals surface area contributed by atoms with Crippen molar-refractivity contribution >= 4 is 0 Å². The zero-order chi connectivity index (χ0) is 17.5. The molecule has 0 saturated carbocycles. The van der Waals surface area contributed by atoms with Gasteiger partial charge in [-0.3, -0.25) is 0 Å². The van der Waals surface area contributed by atoms with Gasteiger partial charge < -0.3 is 19.7 Å². The summed E-state index contributed by atoms with van der Waals surface area (Å²) in [6, 6.07) is 17.0. The van der Waals surface area contributed by atoms with Crippen molar-refractivity contribution in [2.45, 2.75) is 32.0 Å². The highest BCUT2D eigenvalue weighted by atomic mass is 16.5. The molecule has 4 heteroatoms. The van der Waals surface area contributed by atoms with Crippen molar-refractivity contribution in [1.82, 2.24) is 10.2 Å². The van der Waals surface area contributed by atoms with Gasteiger partial charge in [0.05, 0.1) is 7.11 Å². The van der Waals surface area contributed by atoms with Gasteiger partial charge in [0.15, 0.2) is 11.5 Å². The van der Waals surface area contributed by atoms with E-state index in [4.69, 9.17) is 9.47 Å². The zero-order valence-corrected chi connectivity index (χ0v) is 15.2. The van der Waals surface area contributed by atoms with Crippen LogP contribution < -0.4 is 14.8 Å². The fourth-order valence-corrected chi connectivity index (χ4v) is 3.15. The van der Waals surface area contributed by atoms with E-state index < -0.39 is 0 Å². The molecule has 0 radical (unpaired) electrons. The molecule has 0 aromatic heterocycles. The van der Waals surface area contributed by atoms with Gasteiger partial charge in [-0.1, -0.05) is 36.4 Å². The number of nitrogens with one attached hydrogen (secondary N) is 1. The van der Waals surface area contributed by atoms with Crippen molar-refractivity contribution in [1.29, 1.82) is 0 Å². The predicted molar refractivity (Wildman–Crippen MR) is 101 cm³/mol. The molecule has 1 saturated heterocycles. The van der Waals surface area contributed by atoms with Crippen LogP contribution in [0, 0.1) is 0 Å². The molecule has 0 aliphatic carbocycles. The summed E-state index contributed by atoms with van der Waals surface area (Å²) in [5.74, 6) is 1.58. The van der Waals surface area contributed by atoms with Crippen molar-refractivity contribution in [2.24, 2.45) is 0 Å². The van der Waals surface area contributed by atoms with E-state index in [2.05, 4.69) is 41.5 Å². The molecule has 1 heterocycles. The number of rotatable bonds is 7. The van der Waals surface area contributed by atoms with Crippen LogP contribution in [0.25, 0.3) is 0 Å². The topological polar surface area (TPSA) is 33.7 Å². The molecule has 0 atom stereocenters. The monoisotopic (exact) mass is 340 g/mol. The Balaban J connectivity index is 1.59. The Morgan fingerprint density at radius 3 is 2.48 bits per heavy atom. The molecule has 0 bridgehead atoms. The fraction of sp³-hybridized carbons (Fsp3) is 0.429. The minimum atomic E-state index is 0.545. The third kappa shape index (κ3) is 5.21. The van der Waals surface area contributed by atoms with Crippen LogP contribution >= 0.6 is 0 Å². The summed E-state index contributed by atoms with van der Waals surface area (Å²) >= 11 is 0. The number of hydrogen-bond donors (Lipinski definition) is 1. The third-order valence-electron chi connectivity index (χ3n) is 4.78. The summed E-state index contributed by atoms with van der Waals surface area (Å²) in [5, 5.41) is 3.67. The van der Waals surface area contributed by atoms with Crippen molar-refractivity contribution in [2.75, 3.05) is 27.2 Å². The molecule has 4 nitrogen and oxygen atoms in total. The second-order valence-corrected chi connectivity index (χ2v) is 6.72. The van der Waals surface area contributed by atoms with E-state index in [0.29, 0.717) is 12.6 Å². The second-order valence-electron chi connectivity index (χ2n) is 6.72. The molecule has 2 aromatic rings. The lowest BCUT2D eigenvalue weighted by atomic mass is 10.1. The number of nitrogens with zero attached hydrogens (tertiary/aromatic N) is 1. The number of piperidine rings is 1. The van der Waals surface area contributed by atoms with Crippen LogP contribution in [0.2, 0.25) is 0 Å². The Labute approximate surface area is 150 Å². The third-order valence-corrected chi connectivity index (χ3v) is 4.78. The van der Waals surface area contributed by atoms with Gasteiger partial charge >= 0.3 is 0 Å². The van der Waals surface area contributed by atoms with E-state index in [1.165, 1.54) is 31.5 Å². The normalized spacial score (nSPS) is 15.9. The Kier molecular flexibility index (Phi) is 6.31. The fourth-order valence-electron chi connectivity index (χ4n) is 3.15. The van der Waals surface area contributed by atoms with Crippen LogP contribution in [-0.2, 0) is 13.2 Å². The molecule has 0 amide bonds. The summed E-state index contributed by atoms with van der Waals surface area (Å²) < 4.78 is 11.4. The van der Waals surface area contributed by atoms with Crippen LogP contribution in [0.3, 0.4) is 0 Å². The van der Waals surface area contributed by atoms with Crippen LogP contribution in [0.15, 0.2) is 48.5 Å². The number of hydrogen-bond acceptors (Lipinski definition) is 4. The van der Waals surface area contributed by atoms with Gasteiger partial charge in [-0.15, -0.1) is 0 Å². The first kappa shape index (κ1) is 17.8. The van der Waals surface area contributed by atoms with Crippen molar-refractivity contribution in [3.63, 3.8) is 0 Å². The number of ether oxygens (including phenoxy) is 2. The number of likely N-dealkylation sites (tertiary alicyclic amines) is 1. The lowest BCUT2D eigenvalue weighted by Crippen LogP contribution is -2.40. The molecule has 2 aromatic carbocycles. The number of benzene rings is 2. The summed E-state index contributed by atoms with van der Waals surface area (Å²) in [6.07, 6.45) is 2.42.